The number of nitrogen functional groups attached to an aromatic ring is 1. The Bertz CT molecular complexity index is 304. The van der Waals surface area contributed by atoms with Crippen molar-refractivity contribution in [1.29, 1.82) is 0 Å². The summed E-state index contributed by atoms with van der Waals surface area (Å²) in [6.07, 6.45) is -0.0222. The lowest BCUT2D eigenvalue weighted by atomic mass is 9.87. The number of nitrogens with zero attached hydrogens (tertiary/aromatic N) is 1. The van der Waals surface area contributed by atoms with E-state index in [1.54, 1.807) is 13.2 Å². The van der Waals surface area contributed by atoms with Crippen LogP contribution >= 0.6 is 0 Å². The number of pyridine rings is 1. The van der Waals surface area contributed by atoms with Gasteiger partial charge in [0.05, 0.1) is 5.69 Å². The first-order valence-corrected chi connectivity index (χ1v) is 4.70. The summed E-state index contributed by atoms with van der Waals surface area (Å²) in [7, 11) is 1.70. The number of anilines is 1. The van der Waals surface area contributed by atoms with E-state index in [9.17, 15) is 0 Å². The highest BCUT2D eigenvalue weighted by Crippen LogP contribution is 2.34. The van der Waals surface area contributed by atoms with Crippen LogP contribution in [0.3, 0.4) is 0 Å². The highest BCUT2D eigenvalue weighted by molar-refractivity contribution is 5.29. The summed E-state index contributed by atoms with van der Waals surface area (Å²) in [5, 5.41) is 0. The fourth-order valence-electron chi connectivity index (χ4n) is 1.53. The van der Waals surface area contributed by atoms with E-state index < -0.39 is 0 Å². The minimum atomic E-state index is -0.0222. The van der Waals surface area contributed by atoms with Crippen molar-refractivity contribution in [3.8, 4) is 0 Å². The van der Waals surface area contributed by atoms with Gasteiger partial charge in [-0.25, -0.2) is 4.98 Å². The van der Waals surface area contributed by atoms with Crippen LogP contribution in [0, 0.1) is 5.41 Å². The maximum Gasteiger partial charge on any atom is 0.123 e. The lowest BCUT2D eigenvalue weighted by Gasteiger charge is -2.28. The van der Waals surface area contributed by atoms with Crippen LogP contribution in [0.1, 0.15) is 32.6 Å². The SMILES string of the molecule is CO[C@H](c1cccc(N)n1)C(C)(C)C. The average molecular weight is 194 g/mol. The maximum absolute atomic E-state index is 5.63. The highest BCUT2D eigenvalue weighted by atomic mass is 16.5. The standard InChI is InChI=1S/C11H18N2O/c1-11(2,3)10(14-4)8-6-5-7-9(12)13-8/h5-7,10H,1-4H3,(H2,12,13)/t10-/m1/s1. The molecule has 0 amide bonds. The molecule has 0 aliphatic heterocycles. The molecule has 3 nitrogen and oxygen atoms in total. The quantitative estimate of drug-likeness (QED) is 0.786. The zero-order valence-corrected chi connectivity index (χ0v) is 9.24. The van der Waals surface area contributed by atoms with E-state index in [0.717, 1.165) is 5.69 Å². The van der Waals surface area contributed by atoms with Crippen molar-refractivity contribution in [3.63, 3.8) is 0 Å². The topological polar surface area (TPSA) is 48.1 Å². The molecule has 1 rings (SSSR count). The molecule has 0 saturated carbocycles. The van der Waals surface area contributed by atoms with Gasteiger partial charge in [0.25, 0.3) is 0 Å². The van der Waals surface area contributed by atoms with Crippen molar-refractivity contribution in [2.45, 2.75) is 26.9 Å². The predicted molar refractivity (Wildman–Crippen MR) is 57.9 cm³/mol. The van der Waals surface area contributed by atoms with E-state index in [-0.39, 0.29) is 11.5 Å². The van der Waals surface area contributed by atoms with Crippen LogP contribution in [0.25, 0.3) is 0 Å². The van der Waals surface area contributed by atoms with E-state index in [1.165, 1.54) is 0 Å². The monoisotopic (exact) mass is 194 g/mol. The second kappa shape index (κ2) is 3.96. The minimum absolute atomic E-state index is 0.0222. The molecule has 2 N–H and O–H groups in total. The fraction of sp³-hybridized carbons (Fsp3) is 0.545. The third-order valence-electron chi connectivity index (χ3n) is 2.08. The molecule has 0 bridgehead atoms. The molecule has 0 fully saturated rings. The average Bonchev–Trinajstić information content (AvgIpc) is 2.02. The van der Waals surface area contributed by atoms with E-state index in [1.807, 2.05) is 12.1 Å². The van der Waals surface area contributed by atoms with E-state index in [0.29, 0.717) is 5.82 Å². The Kier molecular flexibility index (Phi) is 3.11. The smallest absolute Gasteiger partial charge is 0.123 e. The molecule has 1 atom stereocenters. The van der Waals surface area contributed by atoms with E-state index in [4.69, 9.17) is 10.5 Å². The van der Waals surface area contributed by atoms with Crippen molar-refractivity contribution in [1.82, 2.24) is 4.98 Å². The summed E-state index contributed by atoms with van der Waals surface area (Å²) in [6, 6.07) is 5.62. The lowest BCUT2D eigenvalue weighted by Crippen LogP contribution is -2.21. The summed E-state index contributed by atoms with van der Waals surface area (Å²) in [6.45, 7) is 6.35. The first kappa shape index (κ1) is 11.0. The first-order valence-electron chi connectivity index (χ1n) is 4.70. The summed E-state index contributed by atoms with van der Waals surface area (Å²) in [5.41, 5.74) is 6.54. The van der Waals surface area contributed by atoms with Crippen molar-refractivity contribution in [2.75, 3.05) is 12.8 Å². The Morgan fingerprint density at radius 3 is 2.43 bits per heavy atom. The Morgan fingerprint density at radius 2 is 2.00 bits per heavy atom. The molecular weight excluding hydrogens is 176 g/mol. The van der Waals surface area contributed by atoms with Gasteiger partial charge in [0.15, 0.2) is 0 Å². The predicted octanol–water partition coefficient (Wildman–Crippen LogP) is 2.40. The summed E-state index contributed by atoms with van der Waals surface area (Å²) < 4.78 is 5.44. The molecule has 0 saturated heterocycles. The number of rotatable bonds is 2. The minimum Gasteiger partial charge on any atom is -0.384 e. The van der Waals surface area contributed by atoms with Crippen LogP contribution in [0.15, 0.2) is 18.2 Å². The third kappa shape index (κ3) is 2.45. The Labute approximate surface area is 85.3 Å². The third-order valence-corrected chi connectivity index (χ3v) is 2.08. The second-order valence-corrected chi connectivity index (χ2v) is 4.47. The summed E-state index contributed by atoms with van der Waals surface area (Å²) in [4.78, 5) is 4.26. The zero-order valence-electron chi connectivity index (χ0n) is 9.24. The molecule has 78 valence electrons. The van der Waals surface area contributed by atoms with Gasteiger partial charge in [-0.05, 0) is 17.5 Å². The second-order valence-electron chi connectivity index (χ2n) is 4.47. The van der Waals surface area contributed by atoms with Gasteiger partial charge in [-0.2, -0.15) is 0 Å². The Balaban J connectivity index is 3.01. The maximum atomic E-state index is 5.63. The molecule has 0 aliphatic rings. The number of ether oxygens (including phenoxy) is 1. The van der Waals surface area contributed by atoms with Crippen molar-refractivity contribution in [3.05, 3.63) is 23.9 Å². The molecular formula is C11H18N2O. The molecule has 0 radical (unpaired) electrons. The van der Waals surface area contributed by atoms with Gasteiger partial charge in [0.2, 0.25) is 0 Å². The molecule has 1 aromatic rings. The zero-order chi connectivity index (χ0) is 10.8. The van der Waals surface area contributed by atoms with Crippen LogP contribution in [0.4, 0.5) is 5.82 Å². The van der Waals surface area contributed by atoms with Crippen LogP contribution in [-0.2, 0) is 4.74 Å². The van der Waals surface area contributed by atoms with Gasteiger partial charge in [-0.15, -0.1) is 0 Å². The highest BCUT2D eigenvalue weighted by Gasteiger charge is 2.27. The van der Waals surface area contributed by atoms with Crippen LogP contribution in [0.5, 0.6) is 0 Å². The molecule has 0 spiro atoms. The van der Waals surface area contributed by atoms with Gasteiger partial charge in [-0.1, -0.05) is 26.8 Å². The van der Waals surface area contributed by atoms with E-state index >= 15 is 0 Å². The van der Waals surface area contributed by atoms with E-state index in [2.05, 4.69) is 25.8 Å². The fourth-order valence-corrected chi connectivity index (χ4v) is 1.53. The molecule has 1 aromatic heterocycles. The normalized spacial score (nSPS) is 14.0. The molecule has 0 unspecified atom stereocenters. The largest absolute Gasteiger partial charge is 0.384 e. The molecule has 0 aliphatic carbocycles. The Morgan fingerprint density at radius 1 is 1.36 bits per heavy atom. The van der Waals surface area contributed by atoms with Gasteiger partial charge < -0.3 is 10.5 Å². The van der Waals surface area contributed by atoms with Crippen molar-refractivity contribution < 1.29 is 4.74 Å². The Hall–Kier alpha value is -1.09. The van der Waals surface area contributed by atoms with Gasteiger partial charge in [-0.3, -0.25) is 0 Å². The summed E-state index contributed by atoms with van der Waals surface area (Å²) in [5.74, 6) is 0.536. The number of hydrogen-bond donors (Lipinski definition) is 1. The number of nitrogens with two attached hydrogens (primary N) is 1. The summed E-state index contributed by atoms with van der Waals surface area (Å²) >= 11 is 0. The van der Waals surface area contributed by atoms with Gasteiger partial charge >= 0.3 is 0 Å². The number of aromatic nitrogens is 1. The van der Waals surface area contributed by atoms with Gasteiger partial charge in [0.1, 0.15) is 11.9 Å². The molecule has 3 heteroatoms. The van der Waals surface area contributed by atoms with Crippen molar-refractivity contribution >= 4 is 5.82 Å². The van der Waals surface area contributed by atoms with Crippen LogP contribution < -0.4 is 5.73 Å². The molecule has 0 aromatic carbocycles. The van der Waals surface area contributed by atoms with Gasteiger partial charge in [0, 0.05) is 7.11 Å². The lowest BCUT2D eigenvalue weighted by molar-refractivity contribution is 0.0122. The van der Waals surface area contributed by atoms with Crippen molar-refractivity contribution in [2.24, 2.45) is 5.41 Å². The molecule has 1 heterocycles. The first-order chi connectivity index (χ1) is 6.45. The molecule has 14 heavy (non-hydrogen) atoms. The van der Waals surface area contributed by atoms with Crippen LogP contribution in [0.2, 0.25) is 0 Å². The number of hydrogen-bond acceptors (Lipinski definition) is 3. The van der Waals surface area contributed by atoms with Crippen LogP contribution in [-0.4, -0.2) is 12.1 Å². The number of methoxy groups -OCH3 is 1.